The average Bonchev–Trinajstić information content (AvgIpc) is 2.70. The monoisotopic (exact) mass is 415 g/mol. The van der Waals surface area contributed by atoms with Crippen LogP contribution in [0.15, 0.2) is 60.7 Å². The summed E-state index contributed by atoms with van der Waals surface area (Å²) in [6.45, 7) is 0.644. The fraction of sp³-hybridized carbons (Fsp3) is 0.136. The van der Waals surface area contributed by atoms with Crippen LogP contribution in [0, 0.1) is 17.1 Å². The van der Waals surface area contributed by atoms with Gasteiger partial charge in [-0.05, 0) is 47.5 Å². The Morgan fingerprint density at radius 2 is 1.75 bits per heavy atom. The topological polar surface area (TPSA) is 42.2 Å². The highest BCUT2D eigenvalue weighted by atomic mass is 35.5. The van der Waals surface area contributed by atoms with Crippen molar-refractivity contribution in [3.8, 4) is 17.6 Å². The van der Waals surface area contributed by atoms with Gasteiger partial charge in [0.15, 0.2) is 11.6 Å². The third-order valence-electron chi connectivity index (χ3n) is 4.00. The van der Waals surface area contributed by atoms with E-state index in [0.717, 1.165) is 11.1 Å². The van der Waals surface area contributed by atoms with Crippen molar-refractivity contribution in [3.05, 3.63) is 93.2 Å². The Morgan fingerprint density at radius 1 is 0.893 bits per heavy atom. The number of hydrogen-bond donors (Lipinski definition) is 0. The van der Waals surface area contributed by atoms with Crippen LogP contribution in [0.3, 0.4) is 0 Å². The van der Waals surface area contributed by atoms with Crippen molar-refractivity contribution in [2.75, 3.05) is 6.61 Å². The Kier molecular flexibility index (Phi) is 6.76. The van der Waals surface area contributed by atoms with Gasteiger partial charge in [0.05, 0.1) is 28.3 Å². The van der Waals surface area contributed by atoms with Gasteiger partial charge >= 0.3 is 0 Å². The lowest BCUT2D eigenvalue weighted by Gasteiger charge is -2.10. The standard InChI is InChI=1S/C22H16Cl2FNO2/c23-19-6-4-17(11-20(19)24)14-28-18-3-1-2-15(10-18)8-9-27-22-12-16(13-26)5-7-21(22)25/h1-7,10-12H,8-9,14H2. The van der Waals surface area contributed by atoms with Crippen LogP contribution in [0.4, 0.5) is 4.39 Å². The summed E-state index contributed by atoms with van der Waals surface area (Å²) in [4.78, 5) is 0. The normalized spacial score (nSPS) is 10.4. The molecule has 3 nitrogen and oxygen atoms in total. The number of nitrogens with zero attached hydrogens (tertiary/aromatic N) is 1. The van der Waals surface area contributed by atoms with Crippen LogP contribution in [0.1, 0.15) is 16.7 Å². The summed E-state index contributed by atoms with van der Waals surface area (Å²) in [5, 5.41) is 9.88. The Bertz CT molecular complexity index is 1020. The maximum absolute atomic E-state index is 13.7. The van der Waals surface area contributed by atoms with E-state index in [1.165, 1.54) is 18.2 Å². The summed E-state index contributed by atoms with van der Waals surface area (Å²) >= 11 is 11.9. The largest absolute Gasteiger partial charge is 0.490 e. The third kappa shape index (κ3) is 5.39. The molecule has 3 aromatic carbocycles. The number of benzene rings is 3. The van der Waals surface area contributed by atoms with E-state index in [9.17, 15) is 4.39 Å². The number of hydrogen-bond acceptors (Lipinski definition) is 3. The summed E-state index contributed by atoms with van der Waals surface area (Å²) in [7, 11) is 0. The SMILES string of the molecule is N#Cc1ccc(F)c(OCCc2cccc(OCc3ccc(Cl)c(Cl)c3)c2)c1. The van der Waals surface area contributed by atoms with Gasteiger partial charge in [0, 0.05) is 12.5 Å². The summed E-state index contributed by atoms with van der Waals surface area (Å²) in [6, 6.07) is 19.0. The zero-order chi connectivity index (χ0) is 19.9. The lowest BCUT2D eigenvalue weighted by molar-refractivity contribution is 0.300. The van der Waals surface area contributed by atoms with E-state index in [1.54, 1.807) is 12.1 Å². The van der Waals surface area contributed by atoms with Crippen molar-refractivity contribution < 1.29 is 13.9 Å². The van der Waals surface area contributed by atoms with E-state index in [2.05, 4.69) is 0 Å². The molecule has 28 heavy (non-hydrogen) atoms. The van der Waals surface area contributed by atoms with Gasteiger partial charge in [-0.25, -0.2) is 4.39 Å². The van der Waals surface area contributed by atoms with Crippen LogP contribution in [-0.4, -0.2) is 6.61 Å². The van der Waals surface area contributed by atoms with E-state index in [4.69, 9.17) is 37.9 Å². The van der Waals surface area contributed by atoms with E-state index in [1.807, 2.05) is 36.4 Å². The molecule has 0 aliphatic rings. The van der Waals surface area contributed by atoms with Gasteiger partial charge < -0.3 is 9.47 Å². The van der Waals surface area contributed by atoms with Crippen LogP contribution >= 0.6 is 23.2 Å². The van der Waals surface area contributed by atoms with E-state index in [0.29, 0.717) is 34.4 Å². The molecule has 0 unspecified atom stereocenters. The molecule has 3 rings (SSSR count). The molecule has 0 aromatic heterocycles. The molecule has 0 fully saturated rings. The molecule has 0 bridgehead atoms. The molecule has 0 atom stereocenters. The minimum atomic E-state index is -0.488. The van der Waals surface area contributed by atoms with Gasteiger partial charge in [-0.15, -0.1) is 0 Å². The Morgan fingerprint density at radius 3 is 2.54 bits per heavy atom. The third-order valence-corrected chi connectivity index (χ3v) is 4.74. The summed E-state index contributed by atoms with van der Waals surface area (Å²) < 4.78 is 25.0. The number of rotatable bonds is 7. The van der Waals surface area contributed by atoms with Gasteiger partial charge in [-0.1, -0.05) is 41.4 Å². The second-order valence-corrected chi connectivity index (χ2v) is 6.85. The molecule has 0 saturated heterocycles. The van der Waals surface area contributed by atoms with Crippen molar-refractivity contribution in [1.82, 2.24) is 0 Å². The summed E-state index contributed by atoms with van der Waals surface area (Å²) in [5.41, 5.74) is 2.26. The molecule has 0 spiro atoms. The van der Waals surface area contributed by atoms with Gasteiger partial charge in [0.1, 0.15) is 12.4 Å². The quantitative estimate of drug-likeness (QED) is 0.460. The summed E-state index contributed by atoms with van der Waals surface area (Å²) in [6.07, 6.45) is 0.570. The van der Waals surface area contributed by atoms with Crippen molar-refractivity contribution >= 4 is 23.2 Å². The second-order valence-electron chi connectivity index (χ2n) is 6.04. The fourth-order valence-electron chi connectivity index (χ4n) is 2.55. The van der Waals surface area contributed by atoms with Gasteiger partial charge in [-0.3, -0.25) is 0 Å². The maximum atomic E-state index is 13.7. The van der Waals surface area contributed by atoms with Crippen LogP contribution in [0.2, 0.25) is 10.0 Å². The molecule has 0 saturated carbocycles. The Balaban J connectivity index is 1.56. The lowest BCUT2D eigenvalue weighted by Crippen LogP contribution is -2.03. The molecule has 0 heterocycles. The molecule has 0 radical (unpaired) electrons. The molecular weight excluding hydrogens is 400 g/mol. The van der Waals surface area contributed by atoms with Crippen LogP contribution in [0.25, 0.3) is 0 Å². The molecule has 0 amide bonds. The van der Waals surface area contributed by atoms with Gasteiger partial charge in [-0.2, -0.15) is 5.26 Å². The van der Waals surface area contributed by atoms with Crippen molar-refractivity contribution in [2.45, 2.75) is 13.0 Å². The predicted octanol–water partition coefficient (Wildman–Crippen LogP) is 6.20. The number of halogens is 3. The zero-order valence-corrected chi connectivity index (χ0v) is 16.3. The van der Waals surface area contributed by atoms with Crippen molar-refractivity contribution in [2.24, 2.45) is 0 Å². The predicted molar refractivity (Wildman–Crippen MR) is 108 cm³/mol. The highest BCUT2D eigenvalue weighted by Crippen LogP contribution is 2.24. The maximum Gasteiger partial charge on any atom is 0.165 e. The first-order chi connectivity index (χ1) is 13.5. The first-order valence-electron chi connectivity index (χ1n) is 8.53. The zero-order valence-electron chi connectivity index (χ0n) is 14.8. The fourth-order valence-corrected chi connectivity index (χ4v) is 2.87. The molecule has 3 aromatic rings. The number of nitriles is 1. The molecular formula is C22H16Cl2FNO2. The lowest BCUT2D eigenvalue weighted by atomic mass is 10.1. The smallest absolute Gasteiger partial charge is 0.165 e. The van der Waals surface area contributed by atoms with Gasteiger partial charge in [0.25, 0.3) is 0 Å². The van der Waals surface area contributed by atoms with Gasteiger partial charge in [0.2, 0.25) is 0 Å². The second kappa shape index (κ2) is 9.45. The van der Waals surface area contributed by atoms with Crippen LogP contribution in [0.5, 0.6) is 11.5 Å². The highest BCUT2D eigenvalue weighted by molar-refractivity contribution is 6.42. The van der Waals surface area contributed by atoms with E-state index < -0.39 is 5.82 Å². The first-order valence-corrected chi connectivity index (χ1v) is 9.29. The molecule has 0 aliphatic heterocycles. The minimum absolute atomic E-state index is 0.0751. The highest BCUT2D eigenvalue weighted by Gasteiger charge is 2.06. The molecule has 0 aliphatic carbocycles. The molecule has 0 N–H and O–H groups in total. The molecule has 6 heteroatoms. The Labute approximate surface area is 172 Å². The van der Waals surface area contributed by atoms with Crippen molar-refractivity contribution in [1.29, 1.82) is 5.26 Å². The Hall–Kier alpha value is -2.74. The summed E-state index contributed by atoms with van der Waals surface area (Å²) in [5.74, 6) is 0.296. The van der Waals surface area contributed by atoms with E-state index in [-0.39, 0.29) is 12.4 Å². The number of ether oxygens (including phenoxy) is 2. The van der Waals surface area contributed by atoms with Crippen molar-refractivity contribution in [3.63, 3.8) is 0 Å². The molecule has 142 valence electrons. The first kappa shape index (κ1) is 20.0. The van der Waals surface area contributed by atoms with Crippen LogP contribution in [-0.2, 0) is 13.0 Å². The minimum Gasteiger partial charge on any atom is -0.490 e. The van der Waals surface area contributed by atoms with E-state index >= 15 is 0 Å². The average molecular weight is 416 g/mol. The van der Waals surface area contributed by atoms with Crippen LogP contribution < -0.4 is 9.47 Å².